The smallest absolute Gasteiger partial charge is 0.158 e. The van der Waals surface area contributed by atoms with Crippen LogP contribution in [0.2, 0.25) is 0 Å². The minimum atomic E-state index is 0.363. The van der Waals surface area contributed by atoms with Crippen molar-refractivity contribution in [1.29, 1.82) is 0 Å². The van der Waals surface area contributed by atoms with E-state index < -0.39 is 0 Å². The van der Waals surface area contributed by atoms with Gasteiger partial charge in [-0.2, -0.15) is 0 Å². The maximum absolute atomic E-state index is 11.9. The average molecular weight is 218 g/mol. The Morgan fingerprint density at radius 1 is 1.31 bits per heavy atom. The second-order valence-corrected chi connectivity index (χ2v) is 5.34. The van der Waals surface area contributed by atoms with Gasteiger partial charge in [0.15, 0.2) is 5.78 Å². The van der Waals surface area contributed by atoms with E-state index in [4.69, 9.17) is 0 Å². The van der Waals surface area contributed by atoms with Crippen LogP contribution >= 0.6 is 0 Å². The normalized spacial score (nSPS) is 23.1. The van der Waals surface area contributed by atoms with Crippen LogP contribution in [0, 0.1) is 5.41 Å². The van der Waals surface area contributed by atoms with Crippen LogP contribution in [0.1, 0.15) is 57.8 Å². The van der Waals surface area contributed by atoms with E-state index in [1.54, 1.807) is 0 Å². The number of hydrogen-bond donors (Lipinski definition) is 0. The summed E-state index contributed by atoms with van der Waals surface area (Å²) >= 11 is 0. The Balaban J connectivity index is 1.99. The third-order valence-corrected chi connectivity index (χ3v) is 4.16. The molecule has 0 aromatic heterocycles. The molecule has 0 aromatic carbocycles. The van der Waals surface area contributed by atoms with Gasteiger partial charge in [0.2, 0.25) is 0 Å². The summed E-state index contributed by atoms with van der Waals surface area (Å²) in [6.45, 7) is 3.67. The van der Waals surface area contributed by atoms with Gasteiger partial charge in [0.05, 0.1) is 0 Å². The van der Waals surface area contributed by atoms with E-state index in [1.807, 2.05) is 6.08 Å². The Hall–Kier alpha value is -0.850. The molecule has 2 aliphatic rings. The van der Waals surface area contributed by atoms with Crippen LogP contribution in [-0.4, -0.2) is 5.78 Å². The molecule has 0 unspecified atom stereocenters. The van der Waals surface area contributed by atoms with Crippen molar-refractivity contribution in [1.82, 2.24) is 0 Å². The number of carbonyl (C=O) groups excluding carboxylic acids is 1. The van der Waals surface area contributed by atoms with Crippen LogP contribution in [0.25, 0.3) is 0 Å². The van der Waals surface area contributed by atoms with Gasteiger partial charge in [0.25, 0.3) is 0 Å². The topological polar surface area (TPSA) is 17.1 Å². The number of allylic oxidation sites excluding steroid dienone is 3. The largest absolute Gasteiger partial charge is 0.295 e. The number of ketones is 1. The van der Waals surface area contributed by atoms with Crippen LogP contribution in [0.3, 0.4) is 0 Å². The molecule has 1 nitrogen and oxygen atoms in total. The Morgan fingerprint density at radius 2 is 2.06 bits per heavy atom. The summed E-state index contributed by atoms with van der Waals surface area (Å²) < 4.78 is 0. The molecule has 0 aromatic rings. The molecule has 16 heavy (non-hydrogen) atoms. The first-order valence-corrected chi connectivity index (χ1v) is 6.62. The first-order valence-electron chi connectivity index (χ1n) is 6.62. The minimum absolute atomic E-state index is 0.363. The Bertz CT molecular complexity index is 305. The first kappa shape index (κ1) is 11.6. The number of carbonyl (C=O) groups is 1. The zero-order valence-corrected chi connectivity index (χ0v) is 10.1. The summed E-state index contributed by atoms with van der Waals surface area (Å²) in [6, 6.07) is 0. The van der Waals surface area contributed by atoms with Crippen molar-refractivity contribution in [2.75, 3.05) is 0 Å². The van der Waals surface area contributed by atoms with Gasteiger partial charge in [-0.1, -0.05) is 31.4 Å². The fraction of sp³-hybridized carbons (Fsp3) is 0.667. The Labute approximate surface area is 98.6 Å². The molecular formula is C15H22O. The molecule has 1 fully saturated rings. The van der Waals surface area contributed by atoms with Gasteiger partial charge in [-0.25, -0.2) is 0 Å². The lowest BCUT2D eigenvalue weighted by Crippen LogP contribution is -2.18. The van der Waals surface area contributed by atoms with E-state index >= 15 is 0 Å². The zero-order chi connectivity index (χ0) is 11.4. The summed E-state index contributed by atoms with van der Waals surface area (Å²) in [5.41, 5.74) is 1.53. The van der Waals surface area contributed by atoms with Crippen LogP contribution in [0.5, 0.6) is 0 Å². The second kappa shape index (κ2) is 4.99. The Morgan fingerprint density at radius 3 is 2.75 bits per heavy atom. The second-order valence-electron chi connectivity index (χ2n) is 5.34. The molecule has 1 spiro atoms. The molecule has 2 aliphatic carbocycles. The third kappa shape index (κ3) is 2.45. The highest BCUT2D eigenvalue weighted by Gasteiger charge is 2.35. The molecule has 0 atom stereocenters. The number of Topliss-reactive ketones (excluding diaryl/α,β-unsaturated/α-hetero) is 1. The molecule has 1 saturated carbocycles. The van der Waals surface area contributed by atoms with Crippen LogP contribution in [-0.2, 0) is 4.79 Å². The monoisotopic (exact) mass is 218 g/mol. The van der Waals surface area contributed by atoms with Crippen molar-refractivity contribution in [2.45, 2.75) is 57.8 Å². The number of rotatable bonds is 4. The van der Waals surface area contributed by atoms with Gasteiger partial charge in [-0.05, 0) is 43.1 Å². The van der Waals surface area contributed by atoms with Gasteiger partial charge in [-0.3, -0.25) is 4.79 Å². The van der Waals surface area contributed by atoms with E-state index in [9.17, 15) is 4.79 Å². The maximum atomic E-state index is 11.9. The van der Waals surface area contributed by atoms with Gasteiger partial charge < -0.3 is 0 Å². The molecule has 0 heterocycles. The van der Waals surface area contributed by atoms with Crippen molar-refractivity contribution in [3.63, 3.8) is 0 Å². The molecule has 0 N–H and O–H groups in total. The van der Waals surface area contributed by atoms with E-state index in [-0.39, 0.29) is 0 Å². The molecule has 1 heteroatoms. The highest BCUT2D eigenvalue weighted by atomic mass is 16.1. The van der Waals surface area contributed by atoms with Gasteiger partial charge >= 0.3 is 0 Å². The fourth-order valence-electron chi connectivity index (χ4n) is 3.16. The van der Waals surface area contributed by atoms with E-state index in [1.165, 1.54) is 38.5 Å². The third-order valence-electron chi connectivity index (χ3n) is 4.16. The molecule has 0 bridgehead atoms. The Kier molecular flexibility index (Phi) is 3.63. The van der Waals surface area contributed by atoms with Crippen LogP contribution < -0.4 is 0 Å². The molecular weight excluding hydrogens is 196 g/mol. The summed E-state index contributed by atoms with van der Waals surface area (Å²) in [4.78, 5) is 11.9. The molecule has 2 rings (SSSR count). The summed E-state index contributed by atoms with van der Waals surface area (Å²) in [5.74, 6) is 0.363. The summed E-state index contributed by atoms with van der Waals surface area (Å²) in [7, 11) is 0. The van der Waals surface area contributed by atoms with Crippen LogP contribution in [0.15, 0.2) is 24.3 Å². The van der Waals surface area contributed by atoms with Gasteiger partial charge in [0.1, 0.15) is 0 Å². The van der Waals surface area contributed by atoms with Gasteiger partial charge in [0, 0.05) is 6.42 Å². The van der Waals surface area contributed by atoms with E-state index in [0.717, 1.165) is 18.4 Å². The molecule has 0 amide bonds. The SMILES string of the molecule is C=CCCC(=O)C1=CC2(CCCCC2)CC1. The van der Waals surface area contributed by atoms with Crippen molar-refractivity contribution < 1.29 is 4.79 Å². The molecule has 88 valence electrons. The van der Waals surface area contributed by atoms with Crippen molar-refractivity contribution in [3.05, 3.63) is 24.3 Å². The lowest BCUT2D eigenvalue weighted by Gasteiger charge is -2.31. The predicted molar refractivity (Wildman–Crippen MR) is 67.3 cm³/mol. The lowest BCUT2D eigenvalue weighted by molar-refractivity contribution is -0.115. The maximum Gasteiger partial charge on any atom is 0.158 e. The molecule has 0 radical (unpaired) electrons. The fourth-order valence-corrected chi connectivity index (χ4v) is 3.16. The zero-order valence-electron chi connectivity index (χ0n) is 10.1. The predicted octanol–water partition coefficient (Wildman–Crippen LogP) is 4.19. The quantitative estimate of drug-likeness (QED) is 0.646. The minimum Gasteiger partial charge on any atom is -0.295 e. The first-order chi connectivity index (χ1) is 7.76. The highest BCUT2D eigenvalue weighted by Crippen LogP contribution is 2.47. The van der Waals surface area contributed by atoms with Crippen LogP contribution in [0.4, 0.5) is 0 Å². The number of hydrogen-bond acceptors (Lipinski definition) is 1. The summed E-state index contributed by atoms with van der Waals surface area (Å²) in [6.07, 6.45) is 14.6. The standard InChI is InChI=1S/C15H22O/c1-2-3-7-14(16)13-8-11-15(12-13)9-5-4-6-10-15/h2,12H,1,3-11H2. The van der Waals surface area contributed by atoms with Crippen molar-refractivity contribution in [3.8, 4) is 0 Å². The molecule has 0 saturated heterocycles. The lowest BCUT2D eigenvalue weighted by atomic mass is 9.74. The van der Waals surface area contributed by atoms with Gasteiger partial charge in [-0.15, -0.1) is 6.58 Å². The van der Waals surface area contributed by atoms with E-state index in [2.05, 4.69) is 12.7 Å². The average Bonchev–Trinajstić information content (AvgIpc) is 2.71. The molecule has 0 aliphatic heterocycles. The van der Waals surface area contributed by atoms with Crippen molar-refractivity contribution in [2.24, 2.45) is 5.41 Å². The highest BCUT2D eigenvalue weighted by molar-refractivity contribution is 5.95. The van der Waals surface area contributed by atoms with E-state index in [0.29, 0.717) is 17.6 Å². The summed E-state index contributed by atoms with van der Waals surface area (Å²) in [5, 5.41) is 0. The van der Waals surface area contributed by atoms with Crippen molar-refractivity contribution >= 4 is 5.78 Å².